The van der Waals surface area contributed by atoms with Gasteiger partial charge in [-0.3, -0.25) is 19.1 Å². The van der Waals surface area contributed by atoms with Crippen molar-refractivity contribution in [2.24, 2.45) is 0 Å². The molecule has 0 saturated carbocycles. The summed E-state index contributed by atoms with van der Waals surface area (Å²) in [5.74, 6) is -0.937. The molecule has 35 heavy (non-hydrogen) atoms. The van der Waals surface area contributed by atoms with Gasteiger partial charge >= 0.3 is 5.76 Å². The van der Waals surface area contributed by atoms with Crippen molar-refractivity contribution in [3.05, 3.63) is 76.2 Å². The maximum Gasteiger partial charge on any atom is 0.419 e. The van der Waals surface area contributed by atoms with Gasteiger partial charge in [0.2, 0.25) is 11.8 Å². The third-order valence-electron chi connectivity index (χ3n) is 5.14. The van der Waals surface area contributed by atoms with E-state index in [1.165, 1.54) is 29.2 Å². The minimum absolute atomic E-state index is 0.155. The Kier molecular flexibility index (Phi) is 7.23. The fraction of sp³-hybridized carbons (Fsp3) is 0.200. The predicted octanol–water partition coefficient (Wildman–Crippen LogP) is 3.95. The average Bonchev–Trinajstić information content (AvgIpc) is 3.40. The first kappa shape index (κ1) is 24.1. The van der Waals surface area contributed by atoms with Crippen molar-refractivity contribution in [2.75, 3.05) is 30.9 Å². The number of rotatable bonds is 8. The van der Waals surface area contributed by atoms with Crippen molar-refractivity contribution in [3.8, 4) is 0 Å². The fourth-order valence-corrected chi connectivity index (χ4v) is 4.31. The average molecular weight is 492 g/mol. The minimum Gasteiger partial charge on any atom is -0.408 e. The van der Waals surface area contributed by atoms with Crippen molar-refractivity contribution in [2.45, 2.75) is 13.5 Å². The molecule has 4 aromatic rings. The summed E-state index contributed by atoms with van der Waals surface area (Å²) < 4.78 is 6.84. The van der Waals surface area contributed by atoms with Crippen LogP contribution < -0.4 is 16.0 Å². The Balaban J connectivity index is 1.47. The van der Waals surface area contributed by atoms with E-state index in [4.69, 9.17) is 4.42 Å². The minimum atomic E-state index is -0.431. The molecule has 2 aromatic carbocycles. The molecule has 0 saturated heterocycles. The van der Waals surface area contributed by atoms with Crippen molar-refractivity contribution < 1.29 is 14.0 Å². The number of hydrogen-bond acceptors (Lipinski definition) is 7. The van der Waals surface area contributed by atoms with Crippen LogP contribution in [-0.2, 0) is 16.1 Å². The van der Waals surface area contributed by atoms with Crippen molar-refractivity contribution in [3.63, 3.8) is 0 Å². The smallest absolute Gasteiger partial charge is 0.408 e. The molecule has 9 nitrogen and oxygen atoms in total. The summed E-state index contributed by atoms with van der Waals surface area (Å²) in [5, 5.41) is 5.09. The molecule has 180 valence electrons. The van der Waals surface area contributed by atoms with E-state index in [2.05, 4.69) is 10.3 Å². The molecule has 2 amide bonds. The second-order valence-corrected chi connectivity index (χ2v) is 8.91. The Bertz CT molecular complexity index is 1440. The van der Waals surface area contributed by atoms with E-state index in [0.29, 0.717) is 40.7 Å². The monoisotopic (exact) mass is 491 g/mol. The molecule has 0 atom stereocenters. The third kappa shape index (κ3) is 5.73. The van der Waals surface area contributed by atoms with Crippen LogP contribution in [0, 0.1) is 0 Å². The number of thiazole rings is 1. The third-order valence-corrected chi connectivity index (χ3v) is 5.99. The number of benzene rings is 2. The molecular weight excluding hydrogens is 466 g/mol. The second-order valence-electron chi connectivity index (χ2n) is 8.07. The maximum atomic E-state index is 12.5. The van der Waals surface area contributed by atoms with E-state index in [9.17, 15) is 14.4 Å². The van der Waals surface area contributed by atoms with Gasteiger partial charge in [0.15, 0.2) is 10.7 Å². The Hall–Kier alpha value is -4.02. The Labute approximate surface area is 205 Å². The Morgan fingerprint density at radius 2 is 1.94 bits per heavy atom. The van der Waals surface area contributed by atoms with Crippen LogP contribution in [0.25, 0.3) is 17.2 Å². The van der Waals surface area contributed by atoms with Crippen LogP contribution in [0.3, 0.4) is 0 Å². The first-order chi connectivity index (χ1) is 16.8. The highest BCUT2D eigenvalue weighted by atomic mass is 32.1. The van der Waals surface area contributed by atoms with E-state index in [1.807, 2.05) is 49.3 Å². The maximum absolute atomic E-state index is 12.5. The quantitative estimate of drug-likeness (QED) is 0.375. The molecule has 2 aromatic heterocycles. The highest BCUT2D eigenvalue weighted by Gasteiger charge is 2.17. The lowest BCUT2D eigenvalue weighted by atomic mass is 10.2. The molecule has 0 aliphatic heterocycles. The number of amides is 2. The number of aromatic nitrogens is 2. The van der Waals surface area contributed by atoms with Gasteiger partial charge in [0.1, 0.15) is 0 Å². The first-order valence-electron chi connectivity index (χ1n) is 10.9. The number of oxazole rings is 1. The van der Waals surface area contributed by atoms with Gasteiger partial charge in [-0.1, -0.05) is 18.2 Å². The fourth-order valence-electron chi connectivity index (χ4n) is 3.46. The number of hydrogen-bond donors (Lipinski definition) is 1. The zero-order valence-corrected chi connectivity index (χ0v) is 20.4. The van der Waals surface area contributed by atoms with E-state index in [-0.39, 0.29) is 11.8 Å². The molecule has 10 heteroatoms. The Morgan fingerprint density at radius 3 is 2.66 bits per heavy atom. The molecule has 0 unspecified atom stereocenters. The lowest BCUT2D eigenvalue weighted by Crippen LogP contribution is -2.23. The molecule has 2 heterocycles. The van der Waals surface area contributed by atoms with Crippen LogP contribution in [0.1, 0.15) is 12.6 Å². The van der Waals surface area contributed by atoms with Gasteiger partial charge in [0.05, 0.1) is 16.9 Å². The predicted molar refractivity (Wildman–Crippen MR) is 138 cm³/mol. The summed E-state index contributed by atoms with van der Waals surface area (Å²) in [4.78, 5) is 44.9. The van der Waals surface area contributed by atoms with Gasteiger partial charge in [-0.25, -0.2) is 9.78 Å². The molecular formula is C25H25N5O4S. The summed E-state index contributed by atoms with van der Waals surface area (Å²) >= 11 is 1.31. The summed E-state index contributed by atoms with van der Waals surface area (Å²) in [7, 11) is 3.85. The molecule has 4 rings (SSSR count). The van der Waals surface area contributed by atoms with Crippen LogP contribution in [-0.4, -0.2) is 46.9 Å². The number of nitrogens with zero attached hydrogens (tertiary/aromatic N) is 4. The van der Waals surface area contributed by atoms with Gasteiger partial charge in [0, 0.05) is 37.2 Å². The topological polar surface area (TPSA) is 101 Å². The lowest BCUT2D eigenvalue weighted by molar-refractivity contribution is -0.116. The molecule has 0 radical (unpaired) electrons. The summed E-state index contributed by atoms with van der Waals surface area (Å²) in [5.41, 5.74) is 2.91. The summed E-state index contributed by atoms with van der Waals surface area (Å²) in [6.45, 7) is 2.63. The van der Waals surface area contributed by atoms with Crippen LogP contribution in [0.4, 0.5) is 16.5 Å². The Morgan fingerprint density at radius 1 is 1.17 bits per heavy atom. The first-order valence-corrected chi connectivity index (χ1v) is 11.8. The number of anilines is 3. The number of fused-ring (bicyclic) bond motifs is 1. The van der Waals surface area contributed by atoms with Crippen LogP contribution in [0.15, 0.2) is 69.2 Å². The zero-order chi connectivity index (χ0) is 24.9. The molecule has 0 aliphatic carbocycles. The highest BCUT2D eigenvalue weighted by Crippen LogP contribution is 2.29. The van der Waals surface area contributed by atoms with Gasteiger partial charge in [-0.15, -0.1) is 11.3 Å². The van der Waals surface area contributed by atoms with Crippen LogP contribution >= 0.6 is 11.3 Å². The van der Waals surface area contributed by atoms with Gasteiger partial charge in [-0.2, -0.15) is 0 Å². The van der Waals surface area contributed by atoms with Gasteiger partial charge in [-0.05, 0) is 50.5 Å². The number of carbonyl (C=O) groups is 2. The number of likely N-dealkylation sites (N-methyl/N-ethyl adjacent to an activating group) is 1. The van der Waals surface area contributed by atoms with E-state index in [0.717, 1.165) is 5.69 Å². The summed E-state index contributed by atoms with van der Waals surface area (Å²) in [6.07, 6.45) is 2.96. The summed E-state index contributed by atoms with van der Waals surface area (Å²) in [6, 6.07) is 14.3. The van der Waals surface area contributed by atoms with Gasteiger partial charge < -0.3 is 14.6 Å². The van der Waals surface area contributed by atoms with Crippen molar-refractivity contribution in [1.82, 2.24) is 14.5 Å². The number of carbonyl (C=O) groups excluding carboxylic acids is 2. The van der Waals surface area contributed by atoms with E-state index < -0.39 is 5.76 Å². The second kappa shape index (κ2) is 10.5. The lowest BCUT2D eigenvalue weighted by Gasteiger charge is -2.17. The molecule has 0 aliphatic rings. The van der Waals surface area contributed by atoms with Crippen LogP contribution in [0.2, 0.25) is 0 Å². The largest absolute Gasteiger partial charge is 0.419 e. The van der Waals surface area contributed by atoms with Gasteiger partial charge in [0.25, 0.3) is 0 Å². The van der Waals surface area contributed by atoms with E-state index >= 15 is 0 Å². The van der Waals surface area contributed by atoms with Crippen molar-refractivity contribution >= 4 is 56.8 Å². The molecule has 1 N–H and O–H groups in total. The SMILES string of the molecule is CC(=O)N(c1ccccc1)c1nc(/C=C/C(=O)Nc2ccc3oc(=O)n(CCN(C)C)c3c2)cs1. The molecule has 0 fully saturated rings. The van der Waals surface area contributed by atoms with Crippen LogP contribution in [0.5, 0.6) is 0 Å². The molecule has 0 spiro atoms. The normalized spacial score (nSPS) is 11.4. The number of para-hydroxylation sites is 1. The van der Waals surface area contributed by atoms with Crippen molar-refractivity contribution in [1.29, 1.82) is 0 Å². The van der Waals surface area contributed by atoms with E-state index in [1.54, 1.807) is 34.2 Å². The molecule has 0 bridgehead atoms. The number of nitrogens with one attached hydrogen (secondary N) is 1. The standard InChI is InChI=1S/C25H25N5O4S/c1-17(31)30(20-7-5-4-6-8-20)24-27-19(16-35-24)10-12-23(32)26-18-9-11-22-21(15-18)29(25(33)34-22)14-13-28(2)3/h4-12,15-16H,13-14H2,1-3H3,(H,26,32)/b12-10+. The highest BCUT2D eigenvalue weighted by molar-refractivity contribution is 7.14. The zero-order valence-electron chi connectivity index (χ0n) is 19.6.